The third-order valence-corrected chi connectivity index (χ3v) is 20.0. The summed E-state index contributed by atoms with van der Waals surface area (Å²) >= 11 is 0. The van der Waals surface area contributed by atoms with Gasteiger partial charge in [-0.2, -0.15) is 26.3 Å². The molecule has 6 nitrogen and oxygen atoms in total. The second-order valence-corrected chi connectivity index (χ2v) is 36.4. The zero-order chi connectivity index (χ0) is 73.5. The van der Waals surface area contributed by atoms with E-state index in [1.807, 2.05) is 28.9 Å². The van der Waals surface area contributed by atoms with Crippen molar-refractivity contribution < 1.29 is 71.9 Å². The first-order valence-corrected chi connectivity index (χ1v) is 35.1. The number of nitrogens with zero attached hydrogens (tertiary/aromatic N) is 2. The minimum atomic E-state index is -4.79. The molecule has 0 radical (unpaired) electrons. The van der Waals surface area contributed by atoms with Gasteiger partial charge in [0.1, 0.15) is 17.5 Å². The SMILES string of the molecule is Cc1cc(C2=CC(C(C)(C)CC(C)(C)C)=CC(n3c4ccc(C(C)(C)C)cc4c4cc(C(C)(C)C)ccc43)C2(O)OCCCOc2c(C)cc(C(F)(F)F)cc2-c2cc(C(C)(C)CC(C)(C)C)cc(-n3c4ccc(C(C)(C)C)cc4c4cc(C(C)(C)C)ccc43)c2O)cc(C(F)(F)F)c1.[CH3-].[CH3-].[Hf]. The van der Waals surface area contributed by atoms with Crippen LogP contribution in [-0.4, -0.2) is 38.3 Å². The zero-order valence-electron chi connectivity index (χ0n) is 65.6. The van der Waals surface area contributed by atoms with Crippen LogP contribution in [0.3, 0.4) is 0 Å². The van der Waals surface area contributed by atoms with Crippen molar-refractivity contribution in [1.29, 1.82) is 0 Å². The Morgan fingerprint density at radius 3 is 1.30 bits per heavy atom. The standard InChI is InChI=1S/C87H106F6N2O4.2CH3.Hf/c1-51-36-53(39-60(37-51)86(88,89)90)68-46-59(84(23,24)50-78(6,7)8)48-74(95-71-32-28-56(81(15,16)17)42-64(71)65-43-57(82(18,19)20)29-33-72(65)95)85(68,97)99-35-25-34-98-76-52(2)38-61(87(91,92)93)45-67(76)66-44-58(83(21,22)49-77(3,4)5)47-73(75(66)96)94-69-30-26-54(79(9,10)11)40-62(69)63-41-55(80(12,13)14)27-31-70(63)94;;;/h26-33,36-48,74,96-97H,25,34-35,49-50H2,1-24H3;2*1H3;/q;2*-1;. The van der Waals surface area contributed by atoms with E-state index in [2.05, 4.69) is 230 Å². The number of aliphatic hydroxyl groups is 1. The molecular formula is C89H112F6HfN2O4-2. The summed E-state index contributed by atoms with van der Waals surface area (Å²) in [4.78, 5) is 0. The zero-order valence-corrected chi connectivity index (χ0v) is 69.2. The topological polar surface area (TPSA) is 68.8 Å². The van der Waals surface area contributed by atoms with Gasteiger partial charge in [-0.1, -0.05) is 189 Å². The van der Waals surface area contributed by atoms with Crippen molar-refractivity contribution in [3.05, 3.63) is 203 Å². The molecular weight excluding hydrogens is 1450 g/mol. The minimum absolute atomic E-state index is 0. The smallest absolute Gasteiger partial charge is 0.416 e. The van der Waals surface area contributed by atoms with Crippen molar-refractivity contribution in [2.45, 2.75) is 237 Å². The summed E-state index contributed by atoms with van der Waals surface area (Å²) in [6, 6.07) is 34.2. The van der Waals surface area contributed by atoms with Crippen molar-refractivity contribution in [1.82, 2.24) is 9.13 Å². The third kappa shape index (κ3) is 16.8. The number of alkyl halides is 6. The number of benzene rings is 7. The molecule has 9 aromatic rings. The van der Waals surface area contributed by atoms with Crippen LogP contribution in [0.1, 0.15) is 233 Å². The molecule has 0 spiro atoms. The van der Waals surface area contributed by atoms with Crippen molar-refractivity contribution in [2.24, 2.45) is 16.2 Å². The van der Waals surface area contributed by atoms with E-state index in [1.165, 1.54) is 0 Å². The van der Waals surface area contributed by atoms with E-state index in [0.29, 0.717) is 24.1 Å². The molecule has 13 heteroatoms. The molecule has 0 bridgehead atoms. The largest absolute Gasteiger partial charge is 0.505 e. The first kappa shape index (κ1) is 82.9. The Morgan fingerprint density at radius 2 is 0.873 bits per heavy atom. The van der Waals surface area contributed by atoms with Crippen LogP contribution in [0.15, 0.2) is 133 Å². The molecule has 2 heterocycles. The van der Waals surface area contributed by atoms with E-state index in [1.54, 1.807) is 19.9 Å². The van der Waals surface area contributed by atoms with Crippen LogP contribution < -0.4 is 4.74 Å². The van der Waals surface area contributed by atoms with Gasteiger partial charge in [0.25, 0.3) is 0 Å². The number of aromatic nitrogens is 2. The molecule has 0 saturated carbocycles. The van der Waals surface area contributed by atoms with E-state index in [4.69, 9.17) is 9.47 Å². The fraction of sp³-hybridized carbons (Fsp3) is 0.461. The molecule has 2 aromatic heterocycles. The average molecular weight is 1570 g/mol. The van der Waals surface area contributed by atoms with Crippen LogP contribution in [0.4, 0.5) is 26.3 Å². The van der Waals surface area contributed by atoms with Gasteiger partial charge in [0.05, 0.1) is 41.1 Å². The first-order valence-electron chi connectivity index (χ1n) is 35.1. The molecule has 2 atom stereocenters. The van der Waals surface area contributed by atoms with E-state index in [-0.39, 0.29) is 132 Å². The van der Waals surface area contributed by atoms with Crippen LogP contribution in [0.25, 0.3) is 66.0 Å². The second-order valence-electron chi connectivity index (χ2n) is 36.4. The molecule has 0 saturated heterocycles. The molecule has 550 valence electrons. The number of hydrogen-bond donors (Lipinski definition) is 2. The predicted molar refractivity (Wildman–Crippen MR) is 412 cm³/mol. The Balaban J connectivity index is 0.00000486. The minimum Gasteiger partial charge on any atom is -0.505 e. The number of halogens is 6. The van der Waals surface area contributed by atoms with Gasteiger partial charge in [0, 0.05) is 81.5 Å². The van der Waals surface area contributed by atoms with Crippen LogP contribution >= 0.6 is 0 Å². The number of ether oxygens (including phenoxy) is 2. The second kappa shape index (κ2) is 28.1. The predicted octanol–water partition coefficient (Wildman–Crippen LogP) is 25.9. The number of aromatic hydroxyl groups is 1. The summed E-state index contributed by atoms with van der Waals surface area (Å²) in [5.41, 5.74) is 6.40. The summed E-state index contributed by atoms with van der Waals surface area (Å²) in [7, 11) is 0. The fourth-order valence-corrected chi connectivity index (χ4v) is 15.5. The molecule has 2 unspecified atom stereocenters. The molecule has 7 aromatic carbocycles. The maximum atomic E-state index is 15.4. The molecule has 0 amide bonds. The maximum Gasteiger partial charge on any atom is 0.416 e. The Labute approximate surface area is 624 Å². The van der Waals surface area contributed by atoms with Crippen LogP contribution in [-0.2, 0) is 70.0 Å². The van der Waals surface area contributed by atoms with Crippen LogP contribution in [0, 0.1) is 44.9 Å². The molecule has 1 aliphatic carbocycles. The van der Waals surface area contributed by atoms with Gasteiger partial charge >= 0.3 is 12.4 Å². The summed E-state index contributed by atoms with van der Waals surface area (Å²) in [5, 5.41) is 31.4. The van der Waals surface area contributed by atoms with Gasteiger partial charge in [-0.05, 0) is 211 Å². The van der Waals surface area contributed by atoms with Gasteiger partial charge in [-0.3, -0.25) is 0 Å². The fourth-order valence-electron chi connectivity index (χ4n) is 15.5. The van der Waals surface area contributed by atoms with E-state index < -0.39 is 46.1 Å². The normalized spacial score (nSPS) is 16.3. The number of allylic oxidation sites excluding steroid dienone is 2. The van der Waals surface area contributed by atoms with Crippen molar-refractivity contribution in [3.8, 4) is 28.3 Å². The number of phenols is 1. The Morgan fingerprint density at radius 1 is 0.461 bits per heavy atom. The summed E-state index contributed by atoms with van der Waals surface area (Å²) in [6.45, 7) is 50.2. The van der Waals surface area contributed by atoms with Gasteiger partial charge in [0.2, 0.25) is 5.79 Å². The van der Waals surface area contributed by atoms with Crippen LogP contribution in [0.5, 0.6) is 11.5 Å². The third-order valence-electron chi connectivity index (χ3n) is 20.0. The molecule has 0 fully saturated rings. The molecule has 10 rings (SSSR count). The van der Waals surface area contributed by atoms with E-state index in [0.717, 1.165) is 101 Å². The average Bonchev–Trinajstić information content (AvgIpc) is 1.54. The number of phenolic OH excluding ortho intramolecular Hbond substituents is 1. The summed E-state index contributed by atoms with van der Waals surface area (Å²) in [6.07, 6.45) is -4.26. The Bertz CT molecular complexity index is 4540. The molecule has 102 heavy (non-hydrogen) atoms. The summed E-state index contributed by atoms with van der Waals surface area (Å²) < 4.78 is 110. The molecule has 2 N–H and O–H groups in total. The maximum absolute atomic E-state index is 15.4. The number of hydrogen-bond acceptors (Lipinski definition) is 4. The Kier molecular flexibility index (Phi) is 22.9. The Hall–Kier alpha value is -6.41. The van der Waals surface area contributed by atoms with E-state index >= 15 is 26.3 Å². The van der Waals surface area contributed by atoms with Gasteiger partial charge in [-0.25, -0.2) is 0 Å². The monoisotopic (exact) mass is 1570 g/mol. The molecule has 1 aliphatic rings. The van der Waals surface area contributed by atoms with E-state index in [9.17, 15) is 10.2 Å². The van der Waals surface area contributed by atoms with Gasteiger partial charge < -0.3 is 43.7 Å². The number of aryl methyl sites for hydroxylation is 2. The summed E-state index contributed by atoms with van der Waals surface area (Å²) in [5.74, 6) is -2.49. The number of fused-ring (bicyclic) bond motifs is 6. The first-order chi connectivity index (χ1) is 45.2. The van der Waals surface area contributed by atoms with Gasteiger partial charge in [-0.15, -0.1) is 0 Å². The number of rotatable bonds is 14. The van der Waals surface area contributed by atoms with Crippen molar-refractivity contribution >= 4 is 49.2 Å². The van der Waals surface area contributed by atoms with Gasteiger partial charge in [0.15, 0.2) is 0 Å². The van der Waals surface area contributed by atoms with Crippen molar-refractivity contribution in [2.75, 3.05) is 13.2 Å². The van der Waals surface area contributed by atoms with Crippen molar-refractivity contribution in [3.63, 3.8) is 0 Å². The van der Waals surface area contributed by atoms with Crippen LogP contribution in [0.2, 0.25) is 0 Å². The molecule has 0 aliphatic heterocycles. The quantitative estimate of drug-likeness (QED) is 0.0374.